The molecule has 2 aromatic rings. The van der Waals surface area contributed by atoms with E-state index in [1.54, 1.807) is 0 Å². The van der Waals surface area contributed by atoms with Crippen LogP contribution in [-0.2, 0) is 10.0 Å². The number of nitrogen functional groups attached to an aromatic ring is 1. The molecule has 0 radical (unpaired) electrons. The van der Waals surface area contributed by atoms with Crippen molar-refractivity contribution in [3.63, 3.8) is 0 Å². The van der Waals surface area contributed by atoms with Gasteiger partial charge in [-0.25, -0.2) is 18.4 Å². The van der Waals surface area contributed by atoms with E-state index >= 15 is 0 Å². The average Bonchev–Trinajstić information content (AvgIpc) is 2.32. The molecule has 0 aromatic carbocycles. The van der Waals surface area contributed by atoms with Gasteiger partial charge in [0, 0.05) is 12.4 Å². The largest absolute Gasteiger partial charge is 0.368 e. The van der Waals surface area contributed by atoms with Crippen molar-refractivity contribution in [2.24, 2.45) is 0 Å². The third-order valence-corrected chi connectivity index (χ3v) is 3.93. The van der Waals surface area contributed by atoms with Crippen LogP contribution in [0.25, 0.3) is 0 Å². The highest BCUT2D eigenvalue weighted by atomic mass is 79.9. The fraction of sp³-hybridized carbons (Fsp3) is 0. The predicted molar refractivity (Wildman–Crippen MR) is 69.2 cm³/mol. The molecule has 0 aliphatic carbocycles. The van der Waals surface area contributed by atoms with E-state index in [2.05, 4.69) is 35.6 Å². The van der Waals surface area contributed by atoms with Crippen molar-refractivity contribution < 1.29 is 8.42 Å². The highest BCUT2D eigenvalue weighted by molar-refractivity contribution is 9.10. The number of sulfonamides is 1. The Labute approximate surface area is 112 Å². The molecule has 0 amide bonds. The Kier molecular flexibility index (Phi) is 3.43. The number of nitrogens with one attached hydrogen (secondary N) is 1. The lowest BCUT2D eigenvalue weighted by Crippen LogP contribution is -2.14. The minimum absolute atomic E-state index is 0.0130. The average molecular weight is 330 g/mol. The summed E-state index contributed by atoms with van der Waals surface area (Å²) in [5.74, 6) is 0.0130. The maximum atomic E-state index is 12.0. The van der Waals surface area contributed by atoms with Gasteiger partial charge in [0.1, 0.15) is 4.90 Å². The van der Waals surface area contributed by atoms with Gasteiger partial charge in [-0.3, -0.25) is 9.71 Å². The summed E-state index contributed by atoms with van der Waals surface area (Å²) in [6.45, 7) is 0. The van der Waals surface area contributed by atoms with E-state index in [4.69, 9.17) is 5.73 Å². The van der Waals surface area contributed by atoms with Gasteiger partial charge in [0.25, 0.3) is 10.0 Å². The van der Waals surface area contributed by atoms with Crippen molar-refractivity contribution in [1.29, 1.82) is 0 Å². The molecule has 2 rings (SSSR count). The lowest BCUT2D eigenvalue weighted by Gasteiger charge is -2.08. The zero-order valence-electron chi connectivity index (χ0n) is 8.91. The van der Waals surface area contributed by atoms with Crippen LogP contribution in [0, 0.1) is 0 Å². The topological polar surface area (TPSA) is 111 Å². The zero-order valence-corrected chi connectivity index (χ0v) is 11.3. The molecule has 0 saturated carbocycles. The molecule has 0 atom stereocenters. The first-order chi connectivity index (χ1) is 8.49. The number of nitrogens with zero attached hydrogens (tertiary/aromatic N) is 3. The molecule has 2 heterocycles. The number of hydrogen-bond donors (Lipinski definition) is 2. The second-order valence-corrected chi connectivity index (χ2v) is 5.77. The minimum atomic E-state index is -3.74. The highest BCUT2D eigenvalue weighted by Gasteiger charge is 2.16. The molecule has 9 heteroatoms. The number of anilines is 2. The highest BCUT2D eigenvalue weighted by Crippen LogP contribution is 2.23. The first-order valence-corrected chi connectivity index (χ1v) is 6.96. The maximum Gasteiger partial charge on any atom is 0.265 e. The van der Waals surface area contributed by atoms with Crippen molar-refractivity contribution >= 4 is 37.6 Å². The first kappa shape index (κ1) is 12.7. The Bertz CT molecular complexity index is 659. The van der Waals surface area contributed by atoms with E-state index in [1.807, 2.05) is 0 Å². The SMILES string of the molecule is Nc1ncc(S(=O)(=O)Nc2ccncc2Br)cn1. The van der Waals surface area contributed by atoms with Gasteiger partial charge in [-0.15, -0.1) is 0 Å². The summed E-state index contributed by atoms with van der Waals surface area (Å²) in [6, 6.07) is 1.53. The summed E-state index contributed by atoms with van der Waals surface area (Å²) in [5, 5.41) is 0. The van der Waals surface area contributed by atoms with E-state index < -0.39 is 10.0 Å². The zero-order chi connectivity index (χ0) is 13.2. The van der Waals surface area contributed by atoms with Crippen LogP contribution in [0.1, 0.15) is 0 Å². The van der Waals surface area contributed by atoms with E-state index in [1.165, 1.54) is 18.5 Å². The molecule has 7 nitrogen and oxygen atoms in total. The number of pyridine rings is 1. The third kappa shape index (κ3) is 2.74. The van der Waals surface area contributed by atoms with Crippen molar-refractivity contribution in [3.05, 3.63) is 35.3 Å². The number of rotatable bonds is 3. The lowest BCUT2D eigenvalue weighted by molar-refractivity contribution is 0.600. The molecule has 94 valence electrons. The van der Waals surface area contributed by atoms with E-state index in [0.29, 0.717) is 10.2 Å². The Morgan fingerprint density at radius 3 is 2.50 bits per heavy atom. The maximum absolute atomic E-state index is 12.0. The number of halogens is 1. The molecule has 0 saturated heterocycles. The molecule has 0 unspecified atom stereocenters. The summed E-state index contributed by atoms with van der Waals surface area (Å²) in [7, 11) is -3.74. The standard InChI is InChI=1S/C9H8BrN5O2S/c10-7-5-12-2-1-8(7)15-18(16,17)6-3-13-9(11)14-4-6/h1-5H,(H,12,15)(H2,11,13,14). The van der Waals surface area contributed by atoms with Crippen LogP contribution >= 0.6 is 15.9 Å². The summed E-state index contributed by atoms with van der Waals surface area (Å²) < 4.78 is 26.9. The van der Waals surface area contributed by atoms with Gasteiger partial charge in [0.15, 0.2) is 0 Å². The summed E-state index contributed by atoms with van der Waals surface area (Å²) in [6.07, 6.45) is 5.24. The van der Waals surface area contributed by atoms with Gasteiger partial charge in [0.2, 0.25) is 5.95 Å². The number of aromatic nitrogens is 3. The van der Waals surface area contributed by atoms with Crippen LogP contribution in [0.5, 0.6) is 0 Å². The molecule has 0 spiro atoms. The van der Waals surface area contributed by atoms with Crippen LogP contribution in [0.3, 0.4) is 0 Å². The summed E-state index contributed by atoms with van der Waals surface area (Å²) >= 11 is 3.19. The number of hydrogen-bond acceptors (Lipinski definition) is 6. The van der Waals surface area contributed by atoms with Crippen molar-refractivity contribution in [1.82, 2.24) is 15.0 Å². The van der Waals surface area contributed by atoms with Crippen molar-refractivity contribution in [2.45, 2.75) is 4.90 Å². The smallest absolute Gasteiger partial charge is 0.265 e. The normalized spacial score (nSPS) is 11.2. The van der Waals surface area contributed by atoms with Gasteiger partial charge < -0.3 is 5.73 Å². The lowest BCUT2D eigenvalue weighted by atomic mass is 10.4. The quantitative estimate of drug-likeness (QED) is 0.869. The number of nitrogens with two attached hydrogens (primary N) is 1. The Morgan fingerprint density at radius 2 is 1.89 bits per heavy atom. The van der Waals surface area contributed by atoms with E-state index in [0.717, 1.165) is 12.4 Å². The molecular weight excluding hydrogens is 322 g/mol. The molecule has 0 aliphatic heterocycles. The van der Waals surface area contributed by atoms with E-state index in [-0.39, 0.29) is 10.8 Å². The fourth-order valence-corrected chi connectivity index (χ4v) is 2.58. The Balaban J connectivity index is 2.33. The third-order valence-electron chi connectivity index (χ3n) is 1.98. The second-order valence-electron chi connectivity index (χ2n) is 3.24. The van der Waals surface area contributed by atoms with Crippen LogP contribution in [-0.4, -0.2) is 23.4 Å². The molecule has 18 heavy (non-hydrogen) atoms. The molecule has 0 aliphatic rings. The van der Waals surface area contributed by atoms with Crippen molar-refractivity contribution in [2.75, 3.05) is 10.5 Å². The van der Waals surface area contributed by atoms with Gasteiger partial charge in [-0.1, -0.05) is 0 Å². The van der Waals surface area contributed by atoms with Gasteiger partial charge >= 0.3 is 0 Å². The Hall–Kier alpha value is -1.74. The molecule has 0 bridgehead atoms. The van der Waals surface area contributed by atoms with Gasteiger partial charge in [-0.2, -0.15) is 0 Å². The first-order valence-electron chi connectivity index (χ1n) is 4.69. The monoisotopic (exact) mass is 329 g/mol. The van der Waals surface area contributed by atoms with Crippen LogP contribution in [0.15, 0.2) is 40.2 Å². The van der Waals surface area contributed by atoms with Crippen LogP contribution < -0.4 is 10.5 Å². The summed E-state index contributed by atoms with van der Waals surface area (Å²) in [4.78, 5) is 11.0. The van der Waals surface area contributed by atoms with Crippen molar-refractivity contribution in [3.8, 4) is 0 Å². The van der Waals surface area contributed by atoms with Crippen LogP contribution in [0.4, 0.5) is 11.6 Å². The molecule has 0 fully saturated rings. The second kappa shape index (κ2) is 4.86. The van der Waals surface area contributed by atoms with Gasteiger partial charge in [-0.05, 0) is 22.0 Å². The fourth-order valence-electron chi connectivity index (χ4n) is 1.13. The van der Waals surface area contributed by atoms with Gasteiger partial charge in [0.05, 0.1) is 22.6 Å². The predicted octanol–water partition coefficient (Wildman–Crippen LogP) is 1.02. The minimum Gasteiger partial charge on any atom is -0.368 e. The molecule has 2 aromatic heterocycles. The van der Waals surface area contributed by atoms with Crippen LogP contribution in [0.2, 0.25) is 0 Å². The Morgan fingerprint density at radius 1 is 1.22 bits per heavy atom. The molecule has 3 N–H and O–H groups in total. The summed E-state index contributed by atoms with van der Waals surface area (Å²) in [5.41, 5.74) is 5.67. The van der Waals surface area contributed by atoms with E-state index in [9.17, 15) is 8.42 Å². The molecular formula is C9H8BrN5O2S.